The first-order valence-electron chi connectivity index (χ1n) is 5.44. The Bertz CT molecular complexity index is 443. The topological polar surface area (TPSA) is 15.3 Å². The minimum Gasteiger partial charge on any atom is -0.354 e. The second-order valence-corrected chi connectivity index (χ2v) is 5.16. The molecule has 2 nitrogen and oxygen atoms in total. The highest BCUT2D eigenvalue weighted by molar-refractivity contribution is 7.97. The van der Waals surface area contributed by atoms with Crippen molar-refractivity contribution in [1.82, 2.24) is 4.72 Å². The molecule has 1 aliphatic carbocycles. The second kappa shape index (κ2) is 3.81. The lowest BCUT2D eigenvalue weighted by atomic mass is 10.1. The first-order valence-corrected chi connectivity index (χ1v) is 6.25. The number of nitrogens with one attached hydrogen (secondary N) is 1. The number of rotatable bonds is 1. The largest absolute Gasteiger partial charge is 0.417 e. The van der Waals surface area contributed by atoms with Gasteiger partial charge in [0.1, 0.15) is 0 Å². The van der Waals surface area contributed by atoms with Gasteiger partial charge in [-0.25, -0.2) is 4.72 Å². The Morgan fingerprint density at radius 1 is 1.29 bits per heavy atom. The molecule has 1 heterocycles. The fourth-order valence-electron chi connectivity index (χ4n) is 2.05. The lowest BCUT2D eigenvalue weighted by Crippen LogP contribution is -2.37. The SMILES string of the molecule is FC(F)(F)c1cccc2c1SNCN2C1CC1. The smallest absolute Gasteiger partial charge is 0.354 e. The van der Waals surface area contributed by atoms with Crippen LogP contribution in [0.3, 0.4) is 0 Å². The summed E-state index contributed by atoms with van der Waals surface area (Å²) in [6, 6.07) is 4.81. The highest BCUT2D eigenvalue weighted by Crippen LogP contribution is 2.45. The van der Waals surface area contributed by atoms with Crippen molar-refractivity contribution in [2.75, 3.05) is 11.6 Å². The molecule has 6 heteroatoms. The summed E-state index contributed by atoms with van der Waals surface area (Å²) in [6.07, 6.45) is -2.14. The van der Waals surface area contributed by atoms with Gasteiger partial charge in [-0.15, -0.1) is 0 Å². The third-order valence-corrected chi connectivity index (χ3v) is 3.91. The van der Waals surface area contributed by atoms with Crippen LogP contribution in [0.5, 0.6) is 0 Å². The summed E-state index contributed by atoms with van der Waals surface area (Å²) in [5.41, 5.74) is 0.170. The fraction of sp³-hybridized carbons (Fsp3) is 0.455. The molecule has 1 aromatic rings. The number of fused-ring (bicyclic) bond motifs is 1. The summed E-state index contributed by atoms with van der Waals surface area (Å²) in [7, 11) is 0. The number of halogens is 3. The third-order valence-electron chi connectivity index (χ3n) is 3.01. The monoisotopic (exact) mass is 260 g/mol. The van der Waals surface area contributed by atoms with Crippen molar-refractivity contribution in [2.45, 2.75) is 30.0 Å². The van der Waals surface area contributed by atoms with E-state index in [-0.39, 0.29) is 0 Å². The zero-order valence-electron chi connectivity index (χ0n) is 8.92. The van der Waals surface area contributed by atoms with Gasteiger partial charge < -0.3 is 4.90 Å². The molecule has 0 atom stereocenters. The molecule has 0 unspecified atom stereocenters. The normalized spacial score (nSPS) is 20.3. The van der Waals surface area contributed by atoms with Crippen molar-refractivity contribution in [2.24, 2.45) is 0 Å². The Balaban J connectivity index is 2.07. The van der Waals surface area contributed by atoms with Gasteiger partial charge in [0.25, 0.3) is 0 Å². The molecular weight excluding hydrogens is 249 g/mol. The molecule has 1 N–H and O–H groups in total. The molecule has 0 saturated heterocycles. The summed E-state index contributed by atoms with van der Waals surface area (Å²) in [4.78, 5) is 2.33. The molecule has 92 valence electrons. The minimum atomic E-state index is -4.29. The van der Waals surface area contributed by atoms with Crippen LogP contribution in [0, 0.1) is 0 Å². The molecule has 3 rings (SSSR count). The predicted octanol–water partition coefficient (Wildman–Crippen LogP) is 3.24. The molecule has 0 bridgehead atoms. The van der Waals surface area contributed by atoms with Gasteiger partial charge in [0.05, 0.1) is 22.8 Å². The van der Waals surface area contributed by atoms with Crippen molar-refractivity contribution in [1.29, 1.82) is 0 Å². The molecule has 2 aliphatic rings. The van der Waals surface area contributed by atoms with Crippen molar-refractivity contribution in [3.05, 3.63) is 23.8 Å². The molecular formula is C11H11F3N2S. The summed E-state index contributed by atoms with van der Waals surface area (Å²) in [6.45, 7) is 0.615. The molecule has 0 amide bonds. The minimum absolute atomic E-state index is 0.304. The highest BCUT2D eigenvalue weighted by Gasteiger charge is 2.39. The molecule has 1 aliphatic heterocycles. The first-order chi connectivity index (χ1) is 8.07. The maximum atomic E-state index is 12.9. The van der Waals surface area contributed by atoms with Gasteiger partial charge in [0.2, 0.25) is 0 Å². The Morgan fingerprint density at radius 3 is 2.71 bits per heavy atom. The lowest BCUT2D eigenvalue weighted by Gasteiger charge is -2.32. The van der Waals surface area contributed by atoms with Crippen LogP contribution >= 0.6 is 11.9 Å². The highest BCUT2D eigenvalue weighted by atomic mass is 32.2. The van der Waals surface area contributed by atoms with E-state index in [9.17, 15) is 13.2 Å². The number of nitrogens with zero attached hydrogens (tertiary/aromatic N) is 1. The number of anilines is 1. The van der Waals surface area contributed by atoms with Gasteiger partial charge in [0.15, 0.2) is 0 Å². The van der Waals surface area contributed by atoms with Gasteiger partial charge in [0, 0.05) is 6.04 Å². The van der Waals surface area contributed by atoms with Crippen LogP contribution in [0.4, 0.5) is 18.9 Å². The van der Waals surface area contributed by atoms with Crippen LogP contribution in [0.25, 0.3) is 0 Å². The summed E-state index contributed by atoms with van der Waals surface area (Å²) in [5, 5.41) is 0. The van der Waals surface area contributed by atoms with E-state index in [0.717, 1.165) is 30.9 Å². The van der Waals surface area contributed by atoms with Crippen molar-refractivity contribution in [3.8, 4) is 0 Å². The molecule has 0 spiro atoms. The number of hydrogen-bond acceptors (Lipinski definition) is 3. The quantitative estimate of drug-likeness (QED) is 0.780. The number of benzene rings is 1. The Hall–Kier alpha value is -0.880. The van der Waals surface area contributed by atoms with Gasteiger partial charge in [-0.2, -0.15) is 13.2 Å². The maximum absolute atomic E-state index is 12.9. The molecule has 1 saturated carbocycles. The van der Waals surface area contributed by atoms with Crippen molar-refractivity contribution in [3.63, 3.8) is 0 Å². The van der Waals surface area contributed by atoms with Crippen LogP contribution in [-0.4, -0.2) is 12.7 Å². The zero-order valence-corrected chi connectivity index (χ0v) is 9.74. The fourth-order valence-corrected chi connectivity index (χ4v) is 2.98. The average molecular weight is 260 g/mol. The van der Waals surface area contributed by atoms with Crippen molar-refractivity contribution < 1.29 is 13.2 Å². The Kier molecular flexibility index (Phi) is 2.52. The van der Waals surface area contributed by atoms with E-state index in [1.54, 1.807) is 6.07 Å². The van der Waals surface area contributed by atoms with Crippen LogP contribution < -0.4 is 9.62 Å². The summed E-state index contributed by atoms with van der Waals surface area (Å²) in [5.74, 6) is 0. The molecule has 0 aromatic heterocycles. The molecule has 1 fully saturated rings. The van der Waals surface area contributed by atoms with Crippen LogP contribution in [0.15, 0.2) is 23.1 Å². The number of hydrogen-bond donors (Lipinski definition) is 1. The van der Waals surface area contributed by atoms with E-state index in [0.29, 0.717) is 23.3 Å². The summed E-state index contributed by atoms with van der Waals surface area (Å²) >= 11 is 1.08. The van der Waals surface area contributed by atoms with Crippen molar-refractivity contribution >= 4 is 17.6 Å². The van der Waals surface area contributed by atoms with Crippen LogP contribution in [0.1, 0.15) is 18.4 Å². The van der Waals surface area contributed by atoms with Crippen LogP contribution in [-0.2, 0) is 6.18 Å². The van der Waals surface area contributed by atoms with Gasteiger partial charge in [-0.1, -0.05) is 6.07 Å². The molecule has 1 aromatic carbocycles. The van der Waals surface area contributed by atoms with Gasteiger partial charge >= 0.3 is 6.18 Å². The van der Waals surface area contributed by atoms with E-state index in [2.05, 4.69) is 4.72 Å². The van der Waals surface area contributed by atoms with E-state index < -0.39 is 11.7 Å². The van der Waals surface area contributed by atoms with E-state index >= 15 is 0 Å². The van der Waals surface area contributed by atoms with Crippen LogP contribution in [0.2, 0.25) is 0 Å². The molecule has 0 radical (unpaired) electrons. The Labute approximate surface area is 101 Å². The maximum Gasteiger partial charge on any atom is 0.417 e. The second-order valence-electron chi connectivity index (χ2n) is 4.26. The molecule has 17 heavy (non-hydrogen) atoms. The Morgan fingerprint density at radius 2 is 2.06 bits per heavy atom. The van der Waals surface area contributed by atoms with Gasteiger partial charge in [-0.3, -0.25) is 0 Å². The van der Waals surface area contributed by atoms with E-state index in [4.69, 9.17) is 0 Å². The third kappa shape index (κ3) is 1.99. The number of alkyl halides is 3. The van der Waals surface area contributed by atoms with Gasteiger partial charge in [-0.05, 0) is 36.9 Å². The zero-order chi connectivity index (χ0) is 12.0. The standard InChI is InChI=1S/C11H11F3N2S/c12-11(13,14)8-2-1-3-9-10(8)17-15-6-16(9)7-4-5-7/h1-3,7,15H,4-6H2. The van der Waals surface area contributed by atoms with E-state index in [1.165, 1.54) is 6.07 Å². The lowest BCUT2D eigenvalue weighted by molar-refractivity contribution is -0.139. The predicted molar refractivity (Wildman–Crippen MR) is 60.8 cm³/mol. The first kappa shape index (κ1) is 11.2. The average Bonchev–Trinajstić information content (AvgIpc) is 3.10. The summed E-state index contributed by atoms with van der Waals surface area (Å²) < 4.78 is 41.5. The van der Waals surface area contributed by atoms with E-state index in [1.807, 2.05) is 4.90 Å².